The molecule has 0 amide bonds. The molecule has 0 bridgehead atoms. The molecule has 42 heavy (non-hydrogen) atoms. The van der Waals surface area contributed by atoms with E-state index in [0.717, 1.165) is 16.7 Å². The Hall–Kier alpha value is -3.78. The number of halogens is 1. The lowest BCUT2D eigenvalue weighted by Crippen LogP contribution is -2.59. The van der Waals surface area contributed by atoms with E-state index in [4.69, 9.17) is 14.2 Å². The summed E-state index contributed by atoms with van der Waals surface area (Å²) < 4.78 is 19.3. The number of nitrogens with zero attached hydrogens (tertiary/aromatic N) is 3. The van der Waals surface area contributed by atoms with Gasteiger partial charge in [-0.25, -0.2) is 9.67 Å². The third kappa shape index (κ3) is 4.30. The highest BCUT2D eigenvalue weighted by atomic mass is 127. The number of hydrogen-bond donors (Lipinski definition) is 3. The number of aromatic amines is 1. The Balaban J connectivity index is 1.63. The fourth-order valence-corrected chi connectivity index (χ4v) is 6.96. The van der Waals surface area contributed by atoms with Crippen LogP contribution in [0.5, 0.6) is 11.5 Å². The molecule has 0 aliphatic carbocycles. The number of rotatable bonds is 8. The molecule has 3 N–H and O–H groups in total. The van der Waals surface area contributed by atoms with E-state index in [1.165, 1.54) is 11.0 Å². The maximum absolute atomic E-state index is 13.2. The standard InChI is InChI=1S/C31H29IN4O6/c1-40-22-12-8-20(9-13-22)31(19-6-4-3-5-7-19,21-10-14-23(41-2)15-11-21)30(39)16-25(42-24(30)17-37)36-28-26(27(32)35-36)29(38)34-18-33-28/h3-15,18,24-25,37,39H,16-17H2,1-2H3,(H,33,34,38)/t24-,25-,30+/m1/s1. The molecule has 5 aromatic rings. The van der Waals surface area contributed by atoms with E-state index in [2.05, 4.69) is 15.1 Å². The van der Waals surface area contributed by atoms with Crippen LogP contribution in [0.3, 0.4) is 0 Å². The van der Waals surface area contributed by atoms with Crippen LogP contribution in [0.1, 0.15) is 29.3 Å². The maximum Gasteiger partial charge on any atom is 0.262 e. The van der Waals surface area contributed by atoms with Gasteiger partial charge in [0.25, 0.3) is 5.56 Å². The largest absolute Gasteiger partial charge is 0.497 e. The van der Waals surface area contributed by atoms with Gasteiger partial charge in [0.15, 0.2) is 11.9 Å². The minimum Gasteiger partial charge on any atom is -0.497 e. The zero-order valence-corrected chi connectivity index (χ0v) is 25.1. The molecule has 6 rings (SSSR count). The zero-order valence-electron chi connectivity index (χ0n) is 22.9. The molecule has 2 aromatic heterocycles. The van der Waals surface area contributed by atoms with Crippen LogP contribution in [0, 0.1) is 3.70 Å². The minimum absolute atomic E-state index is 0.0204. The van der Waals surface area contributed by atoms with Gasteiger partial charge >= 0.3 is 0 Å². The number of fused-ring (bicyclic) bond motifs is 1. The third-order valence-corrected chi connectivity index (χ3v) is 8.89. The monoisotopic (exact) mass is 680 g/mol. The number of hydrogen-bond acceptors (Lipinski definition) is 8. The van der Waals surface area contributed by atoms with E-state index < -0.39 is 30.0 Å². The molecular formula is C31H29IN4O6. The third-order valence-electron chi connectivity index (χ3n) is 8.13. The molecular weight excluding hydrogens is 651 g/mol. The highest BCUT2D eigenvalue weighted by Crippen LogP contribution is 2.56. The summed E-state index contributed by atoms with van der Waals surface area (Å²) in [6.45, 7) is -0.474. The van der Waals surface area contributed by atoms with Gasteiger partial charge < -0.3 is 29.4 Å². The number of benzene rings is 3. The summed E-state index contributed by atoms with van der Waals surface area (Å²) in [4.78, 5) is 19.5. The molecule has 1 aliphatic heterocycles. The lowest BCUT2D eigenvalue weighted by Gasteiger charge is -2.48. The topological polar surface area (TPSA) is 132 Å². The number of aromatic nitrogens is 4. The van der Waals surface area contributed by atoms with Crippen molar-refractivity contribution >= 4 is 33.6 Å². The average molecular weight is 680 g/mol. The molecule has 216 valence electrons. The second-order valence-electron chi connectivity index (χ2n) is 10.1. The number of ether oxygens (including phenoxy) is 3. The Labute approximate surface area is 255 Å². The molecule has 3 heterocycles. The summed E-state index contributed by atoms with van der Waals surface area (Å²) in [6, 6.07) is 24.7. The summed E-state index contributed by atoms with van der Waals surface area (Å²) in [6.07, 6.45) is -0.558. The molecule has 0 radical (unpaired) electrons. The molecule has 0 unspecified atom stereocenters. The van der Waals surface area contributed by atoms with E-state index >= 15 is 0 Å². The van der Waals surface area contributed by atoms with Crippen LogP contribution in [0.25, 0.3) is 11.0 Å². The summed E-state index contributed by atoms with van der Waals surface area (Å²) in [5, 5.41) is 28.8. The van der Waals surface area contributed by atoms with E-state index in [-0.39, 0.29) is 12.0 Å². The number of nitrogens with one attached hydrogen (secondary N) is 1. The van der Waals surface area contributed by atoms with Crippen molar-refractivity contribution < 1.29 is 24.4 Å². The molecule has 0 saturated carbocycles. The van der Waals surface area contributed by atoms with Gasteiger partial charge in [0.2, 0.25) is 0 Å². The first-order valence-corrected chi connectivity index (χ1v) is 14.4. The van der Waals surface area contributed by atoms with Crippen LogP contribution in [0.2, 0.25) is 0 Å². The van der Waals surface area contributed by atoms with Crippen molar-refractivity contribution in [1.29, 1.82) is 0 Å². The summed E-state index contributed by atoms with van der Waals surface area (Å²) in [5.41, 5.74) is -0.637. The van der Waals surface area contributed by atoms with Gasteiger partial charge in [-0.15, -0.1) is 0 Å². The van der Waals surface area contributed by atoms with Crippen LogP contribution in [0.15, 0.2) is 90.0 Å². The van der Waals surface area contributed by atoms with Crippen LogP contribution >= 0.6 is 22.6 Å². The number of aliphatic hydroxyl groups excluding tert-OH is 1. The Morgan fingerprint density at radius 1 is 1.00 bits per heavy atom. The molecule has 1 saturated heterocycles. The molecule has 11 heteroatoms. The van der Waals surface area contributed by atoms with Crippen molar-refractivity contribution in [1.82, 2.24) is 19.7 Å². The van der Waals surface area contributed by atoms with Crippen LogP contribution in [0.4, 0.5) is 0 Å². The quantitative estimate of drug-likeness (QED) is 0.167. The first-order chi connectivity index (χ1) is 20.4. The first-order valence-electron chi connectivity index (χ1n) is 13.3. The Bertz CT molecular complexity index is 1710. The fraction of sp³-hybridized carbons (Fsp3) is 0.258. The fourth-order valence-electron chi connectivity index (χ4n) is 6.24. The van der Waals surface area contributed by atoms with Gasteiger partial charge in [-0.3, -0.25) is 4.79 Å². The second-order valence-corrected chi connectivity index (χ2v) is 11.2. The molecule has 10 nitrogen and oxygen atoms in total. The summed E-state index contributed by atoms with van der Waals surface area (Å²) >= 11 is 1.99. The van der Waals surface area contributed by atoms with Gasteiger partial charge in [0, 0.05) is 6.42 Å². The molecule has 3 atom stereocenters. The lowest BCUT2D eigenvalue weighted by molar-refractivity contribution is -0.103. The van der Waals surface area contributed by atoms with Crippen molar-refractivity contribution in [3.05, 3.63) is 116 Å². The highest BCUT2D eigenvalue weighted by Gasteiger charge is 2.63. The lowest BCUT2D eigenvalue weighted by atomic mass is 9.57. The van der Waals surface area contributed by atoms with Gasteiger partial charge in [-0.05, 0) is 63.5 Å². The zero-order chi connectivity index (χ0) is 29.5. The number of aliphatic hydroxyl groups is 2. The molecule has 0 spiro atoms. The molecule has 1 fully saturated rings. The van der Waals surface area contributed by atoms with Crippen LogP contribution in [-0.2, 0) is 10.2 Å². The molecule has 3 aromatic carbocycles. The summed E-state index contributed by atoms with van der Waals surface area (Å²) in [5.74, 6) is 1.33. The maximum atomic E-state index is 13.2. The Morgan fingerprint density at radius 3 is 2.12 bits per heavy atom. The van der Waals surface area contributed by atoms with Crippen molar-refractivity contribution in [2.45, 2.75) is 29.8 Å². The summed E-state index contributed by atoms with van der Waals surface area (Å²) in [7, 11) is 3.20. The minimum atomic E-state index is -1.72. The van der Waals surface area contributed by atoms with Gasteiger partial charge in [-0.1, -0.05) is 54.6 Å². The smallest absolute Gasteiger partial charge is 0.262 e. The number of methoxy groups -OCH3 is 2. The van der Waals surface area contributed by atoms with E-state index in [9.17, 15) is 15.0 Å². The SMILES string of the molecule is COc1ccc(C(c2ccccc2)(c2ccc(OC)cc2)[C@]2(O)C[C@H](n3nc(I)c4c(=O)[nH]cnc43)O[C@@H]2CO)cc1. The van der Waals surface area contributed by atoms with Gasteiger partial charge in [0.05, 0.1) is 32.6 Å². The van der Waals surface area contributed by atoms with Gasteiger partial charge in [0.1, 0.15) is 32.3 Å². The van der Waals surface area contributed by atoms with Gasteiger partial charge in [-0.2, -0.15) is 5.10 Å². The van der Waals surface area contributed by atoms with Crippen molar-refractivity contribution in [3.63, 3.8) is 0 Å². The van der Waals surface area contributed by atoms with E-state index in [1.807, 2.05) is 101 Å². The average Bonchev–Trinajstić information content (AvgIpc) is 3.56. The van der Waals surface area contributed by atoms with Crippen LogP contribution < -0.4 is 15.0 Å². The first kappa shape index (κ1) is 28.3. The predicted molar refractivity (Wildman–Crippen MR) is 164 cm³/mol. The second kappa shape index (κ2) is 11.1. The van der Waals surface area contributed by atoms with Crippen LogP contribution in [-0.4, -0.2) is 62.5 Å². The van der Waals surface area contributed by atoms with Crippen molar-refractivity contribution in [2.75, 3.05) is 20.8 Å². The highest BCUT2D eigenvalue weighted by molar-refractivity contribution is 14.1. The van der Waals surface area contributed by atoms with E-state index in [0.29, 0.717) is 26.2 Å². The molecule has 1 aliphatic rings. The van der Waals surface area contributed by atoms with E-state index in [1.54, 1.807) is 14.2 Å². The van der Waals surface area contributed by atoms with Crippen molar-refractivity contribution in [2.24, 2.45) is 0 Å². The normalized spacial score (nSPS) is 20.6. The van der Waals surface area contributed by atoms with Crippen molar-refractivity contribution in [3.8, 4) is 11.5 Å². The predicted octanol–water partition coefficient (Wildman–Crippen LogP) is 3.79. The Kier molecular flexibility index (Phi) is 7.51. The number of H-pyrrole nitrogens is 1. The Morgan fingerprint density at radius 2 is 1.57 bits per heavy atom.